The molecular weight excluding hydrogens is 430 g/mol. The number of hydrogen-bond acceptors (Lipinski definition) is 5. The molecule has 0 atom stereocenters. The number of ether oxygens (including phenoxy) is 1. The van der Waals surface area contributed by atoms with E-state index in [1.807, 2.05) is 57.2 Å². The van der Waals surface area contributed by atoms with Crippen molar-refractivity contribution < 1.29 is 14.3 Å². The Hall–Kier alpha value is -3.55. The van der Waals surface area contributed by atoms with E-state index >= 15 is 0 Å². The highest BCUT2D eigenvalue weighted by molar-refractivity contribution is 6.06. The summed E-state index contributed by atoms with van der Waals surface area (Å²) in [6.45, 7) is 8.27. The fourth-order valence-corrected chi connectivity index (χ4v) is 5.02. The van der Waals surface area contributed by atoms with Gasteiger partial charge in [0, 0.05) is 26.2 Å². The highest BCUT2D eigenvalue weighted by atomic mass is 16.6. The van der Waals surface area contributed by atoms with E-state index in [2.05, 4.69) is 32.2 Å². The van der Waals surface area contributed by atoms with Crippen molar-refractivity contribution in [3.05, 3.63) is 59.7 Å². The average molecular weight is 462 g/mol. The number of para-hydroxylation sites is 1. The van der Waals surface area contributed by atoms with Gasteiger partial charge in [-0.15, -0.1) is 0 Å². The number of benzene rings is 2. The second-order valence-electron chi connectivity index (χ2n) is 10.1. The maximum absolute atomic E-state index is 12.8. The van der Waals surface area contributed by atoms with Gasteiger partial charge in [-0.3, -0.25) is 4.79 Å². The van der Waals surface area contributed by atoms with Crippen molar-refractivity contribution >= 4 is 29.0 Å². The summed E-state index contributed by atoms with van der Waals surface area (Å²) in [6.07, 6.45) is 1.02. The van der Waals surface area contributed by atoms with Gasteiger partial charge in [-0.1, -0.05) is 36.4 Å². The number of hydrogen-bond donors (Lipinski definition) is 2. The summed E-state index contributed by atoms with van der Waals surface area (Å²) >= 11 is 0. The van der Waals surface area contributed by atoms with Crippen molar-refractivity contribution in [2.24, 2.45) is 0 Å². The molecule has 0 aliphatic carbocycles. The van der Waals surface area contributed by atoms with E-state index in [-0.39, 0.29) is 5.91 Å². The quantitative estimate of drug-likeness (QED) is 0.619. The molecule has 34 heavy (non-hydrogen) atoms. The standard InChI is InChI=1S/C26H31N5O3/c1-25(2,3)34-24(33)29-26(18-8-5-4-6-9-18)12-15-30(16-13-26)23-28-20-11-7-10-19-21(20)31(23)17-14-27-22(19)32/h4-11H,12-17H2,1-3H3,(H,27,32)(H,29,33). The fourth-order valence-electron chi connectivity index (χ4n) is 5.02. The van der Waals surface area contributed by atoms with Crippen LogP contribution in [0.5, 0.6) is 0 Å². The molecule has 3 aromatic rings. The van der Waals surface area contributed by atoms with Gasteiger partial charge in [0.25, 0.3) is 5.91 Å². The van der Waals surface area contributed by atoms with Crippen LogP contribution in [0.3, 0.4) is 0 Å². The smallest absolute Gasteiger partial charge is 0.408 e. The summed E-state index contributed by atoms with van der Waals surface area (Å²) in [5.41, 5.74) is 2.37. The highest BCUT2D eigenvalue weighted by Gasteiger charge is 2.40. The van der Waals surface area contributed by atoms with Crippen LogP contribution in [-0.2, 0) is 16.8 Å². The minimum Gasteiger partial charge on any atom is -0.444 e. The van der Waals surface area contributed by atoms with Crippen molar-refractivity contribution in [2.75, 3.05) is 24.5 Å². The van der Waals surface area contributed by atoms with Crippen LogP contribution in [0.1, 0.15) is 49.5 Å². The summed E-state index contributed by atoms with van der Waals surface area (Å²) in [6, 6.07) is 15.8. The zero-order chi connectivity index (χ0) is 23.9. The normalized spacial score (nSPS) is 17.7. The molecule has 2 amide bonds. The van der Waals surface area contributed by atoms with E-state index in [1.54, 1.807) is 0 Å². The number of nitrogens with zero attached hydrogens (tertiary/aromatic N) is 3. The zero-order valence-corrected chi connectivity index (χ0v) is 19.9. The van der Waals surface area contributed by atoms with Crippen molar-refractivity contribution in [3.63, 3.8) is 0 Å². The van der Waals surface area contributed by atoms with Crippen LogP contribution in [0.15, 0.2) is 48.5 Å². The van der Waals surface area contributed by atoms with Crippen LogP contribution >= 0.6 is 0 Å². The molecule has 1 aromatic heterocycles. The second kappa shape index (κ2) is 8.34. The van der Waals surface area contributed by atoms with Gasteiger partial charge in [-0.25, -0.2) is 9.78 Å². The first-order valence-electron chi connectivity index (χ1n) is 11.8. The second-order valence-corrected chi connectivity index (χ2v) is 10.1. The van der Waals surface area contributed by atoms with Gasteiger partial charge in [0.15, 0.2) is 0 Å². The molecule has 5 rings (SSSR count). The Bertz CT molecular complexity index is 1220. The molecule has 8 nitrogen and oxygen atoms in total. The third-order valence-electron chi connectivity index (χ3n) is 6.58. The number of imidazole rings is 1. The molecule has 2 aromatic carbocycles. The average Bonchev–Trinajstić information content (AvgIpc) is 3.08. The van der Waals surface area contributed by atoms with E-state index in [0.29, 0.717) is 44.6 Å². The lowest BCUT2D eigenvalue weighted by molar-refractivity contribution is 0.0431. The predicted octanol–water partition coefficient (Wildman–Crippen LogP) is 3.80. The number of nitrogens with one attached hydrogen (secondary N) is 2. The summed E-state index contributed by atoms with van der Waals surface area (Å²) in [4.78, 5) is 32.5. The number of amides is 2. The largest absolute Gasteiger partial charge is 0.444 e. The number of carbonyl (C=O) groups is 2. The van der Waals surface area contributed by atoms with Crippen LogP contribution in [0, 0.1) is 0 Å². The van der Waals surface area contributed by atoms with Gasteiger partial charge >= 0.3 is 6.09 Å². The van der Waals surface area contributed by atoms with Gasteiger partial charge in [0.05, 0.1) is 22.1 Å². The molecule has 2 N–H and O–H groups in total. The zero-order valence-electron chi connectivity index (χ0n) is 19.9. The fraction of sp³-hybridized carbons (Fsp3) is 0.423. The van der Waals surface area contributed by atoms with Crippen LogP contribution in [0.4, 0.5) is 10.7 Å². The van der Waals surface area contributed by atoms with Gasteiger partial charge in [0.1, 0.15) is 5.60 Å². The monoisotopic (exact) mass is 461 g/mol. The molecule has 2 aliphatic heterocycles. The third kappa shape index (κ3) is 4.08. The summed E-state index contributed by atoms with van der Waals surface area (Å²) in [5.74, 6) is 0.817. The number of rotatable bonds is 3. The SMILES string of the molecule is CC(C)(C)OC(=O)NC1(c2ccccc2)CCN(c2nc3cccc4c3n2CCNC4=O)CC1. The summed E-state index contributed by atoms with van der Waals surface area (Å²) in [7, 11) is 0. The first-order valence-corrected chi connectivity index (χ1v) is 11.8. The van der Waals surface area contributed by atoms with Crippen molar-refractivity contribution in [2.45, 2.75) is 51.3 Å². The lowest BCUT2D eigenvalue weighted by Crippen LogP contribution is -2.54. The van der Waals surface area contributed by atoms with Crippen molar-refractivity contribution in [3.8, 4) is 0 Å². The Morgan fingerprint density at radius 1 is 1.06 bits per heavy atom. The molecule has 0 unspecified atom stereocenters. The highest BCUT2D eigenvalue weighted by Crippen LogP contribution is 2.36. The number of anilines is 1. The van der Waals surface area contributed by atoms with Crippen molar-refractivity contribution in [1.29, 1.82) is 0 Å². The maximum atomic E-state index is 12.8. The van der Waals surface area contributed by atoms with Gasteiger partial charge in [-0.2, -0.15) is 0 Å². The summed E-state index contributed by atoms with van der Waals surface area (Å²) < 4.78 is 7.75. The van der Waals surface area contributed by atoms with Gasteiger partial charge in [-0.05, 0) is 51.3 Å². The Morgan fingerprint density at radius 3 is 2.50 bits per heavy atom. The predicted molar refractivity (Wildman–Crippen MR) is 131 cm³/mol. The van der Waals surface area contributed by atoms with E-state index in [0.717, 1.165) is 22.5 Å². The third-order valence-corrected chi connectivity index (χ3v) is 6.58. The maximum Gasteiger partial charge on any atom is 0.408 e. The number of alkyl carbamates (subject to hydrolysis) is 1. The molecule has 3 heterocycles. The van der Waals surface area contributed by atoms with E-state index in [9.17, 15) is 9.59 Å². The van der Waals surface area contributed by atoms with Crippen molar-refractivity contribution in [1.82, 2.24) is 20.2 Å². The topological polar surface area (TPSA) is 88.5 Å². The van der Waals surface area contributed by atoms with Crippen LogP contribution in [0.25, 0.3) is 11.0 Å². The summed E-state index contributed by atoms with van der Waals surface area (Å²) in [5, 5.41) is 6.17. The minimum absolute atomic E-state index is 0.0564. The Labute approximate surface area is 199 Å². The Balaban J connectivity index is 1.44. The molecule has 8 heteroatoms. The molecule has 0 bridgehead atoms. The van der Waals surface area contributed by atoms with Crippen LogP contribution < -0.4 is 15.5 Å². The molecule has 2 aliphatic rings. The lowest BCUT2D eigenvalue weighted by Gasteiger charge is -2.43. The molecule has 178 valence electrons. The van der Waals surface area contributed by atoms with Gasteiger partial charge < -0.3 is 24.8 Å². The molecule has 0 spiro atoms. The number of carbonyl (C=O) groups excluding carboxylic acids is 2. The minimum atomic E-state index is -0.567. The lowest BCUT2D eigenvalue weighted by atomic mass is 9.81. The molecule has 0 radical (unpaired) electrons. The molecule has 1 saturated heterocycles. The van der Waals surface area contributed by atoms with E-state index in [4.69, 9.17) is 9.72 Å². The first kappa shape index (κ1) is 22.3. The van der Waals surface area contributed by atoms with Gasteiger partial charge in [0.2, 0.25) is 5.95 Å². The van der Waals surface area contributed by atoms with E-state index < -0.39 is 17.2 Å². The van der Waals surface area contributed by atoms with E-state index in [1.165, 1.54) is 0 Å². The molecule has 1 fully saturated rings. The molecule has 0 saturated carbocycles. The van der Waals surface area contributed by atoms with Crippen LogP contribution in [-0.4, -0.2) is 46.8 Å². The number of aromatic nitrogens is 2. The first-order chi connectivity index (χ1) is 16.3. The Morgan fingerprint density at radius 2 is 1.79 bits per heavy atom. The molecular formula is C26H31N5O3. The van der Waals surface area contributed by atoms with Crippen LogP contribution in [0.2, 0.25) is 0 Å². The Kier molecular flexibility index (Phi) is 5.46. The number of piperidine rings is 1.